The molecular formula is C20H26ClNO3. The third-order valence-electron chi connectivity index (χ3n) is 3.95. The number of ether oxygens (including phenoxy) is 3. The van der Waals surface area contributed by atoms with E-state index in [9.17, 15) is 0 Å². The molecule has 0 unspecified atom stereocenters. The summed E-state index contributed by atoms with van der Waals surface area (Å²) in [6.45, 7) is 4.88. The third-order valence-corrected chi connectivity index (χ3v) is 4.23. The van der Waals surface area contributed by atoms with Crippen molar-refractivity contribution in [2.24, 2.45) is 0 Å². The minimum atomic E-state index is 0.456. The molecule has 0 amide bonds. The highest BCUT2D eigenvalue weighted by molar-refractivity contribution is 6.32. The molecule has 0 atom stereocenters. The molecule has 0 spiro atoms. The lowest BCUT2D eigenvalue weighted by molar-refractivity contribution is 0.194. The first kappa shape index (κ1) is 19.6. The molecule has 0 saturated heterocycles. The van der Waals surface area contributed by atoms with Gasteiger partial charge in [-0.1, -0.05) is 35.9 Å². The van der Waals surface area contributed by atoms with E-state index in [-0.39, 0.29) is 0 Å². The summed E-state index contributed by atoms with van der Waals surface area (Å²) in [4.78, 5) is 0. The molecule has 0 aromatic heterocycles. The van der Waals surface area contributed by atoms with Crippen molar-refractivity contribution in [1.29, 1.82) is 0 Å². The van der Waals surface area contributed by atoms with Gasteiger partial charge in [0.2, 0.25) is 0 Å². The van der Waals surface area contributed by atoms with Gasteiger partial charge in [-0.05, 0) is 48.7 Å². The summed E-state index contributed by atoms with van der Waals surface area (Å²) >= 11 is 6.43. The van der Waals surface area contributed by atoms with E-state index in [0.29, 0.717) is 23.1 Å². The summed E-state index contributed by atoms with van der Waals surface area (Å²) in [6, 6.07) is 12.0. The van der Waals surface area contributed by atoms with Crippen LogP contribution in [0.1, 0.15) is 23.1 Å². The highest BCUT2D eigenvalue weighted by atomic mass is 35.5. The van der Waals surface area contributed by atoms with E-state index < -0.39 is 0 Å². The minimum absolute atomic E-state index is 0.456. The van der Waals surface area contributed by atoms with E-state index in [4.69, 9.17) is 25.8 Å². The van der Waals surface area contributed by atoms with Crippen LogP contribution in [0.15, 0.2) is 36.4 Å². The molecule has 0 aliphatic heterocycles. The molecule has 5 heteroatoms. The smallest absolute Gasteiger partial charge is 0.180 e. The van der Waals surface area contributed by atoms with Crippen LogP contribution in [0.2, 0.25) is 5.02 Å². The van der Waals surface area contributed by atoms with E-state index in [0.717, 1.165) is 37.2 Å². The second-order valence-electron chi connectivity index (χ2n) is 5.85. The van der Waals surface area contributed by atoms with E-state index >= 15 is 0 Å². The van der Waals surface area contributed by atoms with Crippen molar-refractivity contribution in [3.05, 3.63) is 58.1 Å². The predicted octanol–water partition coefficient (Wildman–Crippen LogP) is 4.36. The van der Waals surface area contributed by atoms with Crippen LogP contribution in [0, 0.1) is 6.92 Å². The van der Waals surface area contributed by atoms with Crippen LogP contribution in [0.25, 0.3) is 0 Å². The Hall–Kier alpha value is -1.75. The zero-order valence-corrected chi connectivity index (χ0v) is 15.9. The van der Waals surface area contributed by atoms with Gasteiger partial charge in [0.15, 0.2) is 11.5 Å². The Morgan fingerprint density at radius 1 is 1.12 bits per heavy atom. The van der Waals surface area contributed by atoms with Crippen LogP contribution in [0.4, 0.5) is 0 Å². The Morgan fingerprint density at radius 3 is 2.64 bits per heavy atom. The molecule has 0 aliphatic carbocycles. The summed E-state index contributed by atoms with van der Waals surface area (Å²) in [5.74, 6) is 1.23. The summed E-state index contributed by atoms with van der Waals surface area (Å²) in [6.07, 6.45) is 0.971. The van der Waals surface area contributed by atoms with E-state index in [1.807, 2.05) is 30.3 Å². The van der Waals surface area contributed by atoms with Crippen LogP contribution < -0.4 is 14.8 Å². The van der Waals surface area contributed by atoms with E-state index in [1.54, 1.807) is 14.2 Å². The maximum absolute atomic E-state index is 6.43. The molecule has 0 radical (unpaired) electrons. The van der Waals surface area contributed by atoms with Crippen molar-refractivity contribution in [3.63, 3.8) is 0 Å². The van der Waals surface area contributed by atoms with Crippen molar-refractivity contribution in [2.45, 2.75) is 26.5 Å². The number of hydrogen-bond acceptors (Lipinski definition) is 4. The lowest BCUT2D eigenvalue weighted by atomic mass is 10.1. The van der Waals surface area contributed by atoms with Gasteiger partial charge in [0, 0.05) is 20.3 Å². The van der Waals surface area contributed by atoms with Gasteiger partial charge >= 0.3 is 0 Å². The number of methoxy groups -OCH3 is 2. The van der Waals surface area contributed by atoms with Gasteiger partial charge in [0.25, 0.3) is 0 Å². The van der Waals surface area contributed by atoms with Crippen LogP contribution in [-0.2, 0) is 17.9 Å². The second kappa shape index (κ2) is 10.3. The molecular weight excluding hydrogens is 338 g/mol. The molecule has 2 aromatic carbocycles. The molecule has 2 rings (SSSR count). The van der Waals surface area contributed by atoms with E-state index in [2.05, 4.69) is 18.3 Å². The molecule has 1 N–H and O–H groups in total. The van der Waals surface area contributed by atoms with E-state index in [1.165, 1.54) is 5.56 Å². The maximum atomic E-state index is 6.43. The van der Waals surface area contributed by atoms with Gasteiger partial charge in [-0.3, -0.25) is 0 Å². The van der Waals surface area contributed by atoms with Crippen molar-refractivity contribution >= 4 is 11.6 Å². The SMILES string of the molecule is COCCCNCc1cc(Cl)c(OCc2ccccc2C)c(OC)c1. The summed E-state index contributed by atoms with van der Waals surface area (Å²) in [5, 5.41) is 3.92. The number of benzene rings is 2. The first-order chi connectivity index (χ1) is 12.2. The Balaban J connectivity index is 2.02. The van der Waals surface area contributed by atoms with Crippen LogP contribution in [0.3, 0.4) is 0 Å². The van der Waals surface area contributed by atoms with Crippen molar-refractivity contribution in [1.82, 2.24) is 5.32 Å². The first-order valence-corrected chi connectivity index (χ1v) is 8.77. The van der Waals surface area contributed by atoms with Crippen LogP contribution in [-0.4, -0.2) is 27.4 Å². The predicted molar refractivity (Wildman–Crippen MR) is 102 cm³/mol. The van der Waals surface area contributed by atoms with Gasteiger partial charge in [-0.2, -0.15) is 0 Å². The Bertz CT molecular complexity index is 676. The number of hydrogen-bond donors (Lipinski definition) is 1. The number of aryl methyl sites for hydroxylation is 1. The Morgan fingerprint density at radius 2 is 1.92 bits per heavy atom. The van der Waals surface area contributed by atoms with Gasteiger partial charge in [0.05, 0.1) is 12.1 Å². The molecule has 0 bridgehead atoms. The normalized spacial score (nSPS) is 10.7. The monoisotopic (exact) mass is 363 g/mol. The first-order valence-electron chi connectivity index (χ1n) is 8.39. The molecule has 0 fully saturated rings. The molecule has 0 aliphatic rings. The summed E-state index contributed by atoms with van der Waals surface area (Å²) in [5.41, 5.74) is 3.38. The van der Waals surface area contributed by atoms with Gasteiger partial charge < -0.3 is 19.5 Å². The highest BCUT2D eigenvalue weighted by Gasteiger charge is 2.12. The number of halogens is 1. The Kier molecular flexibility index (Phi) is 8.06. The van der Waals surface area contributed by atoms with Crippen molar-refractivity contribution in [2.75, 3.05) is 27.4 Å². The fourth-order valence-electron chi connectivity index (χ4n) is 2.51. The molecule has 25 heavy (non-hydrogen) atoms. The van der Waals surface area contributed by atoms with Gasteiger partial charge in [-0.25, -0.2) is 0 Å². The standard InChI is InChI=1S/C20H26ClNO3/c1-15-7-4-5-8-17(15)14-25-20-18(21)11-16(12-19(20)24-3)13-22-9-6-10-23-2/h4-5,7-8,11-12,22H,6,9-10,13-14H2,1-3H3. The topological polar surface area (TPSA) is 39.7 Å². The largest absolute Gasteiger partial charge is 0.493 e. The fourth-order valence-corrected chi connectivity index (χ4v) is 2.80. The van der Waals surface area contributed by atoms with Crippen molar-refractivity contribution < 1.29 is 14.2 Å². The summed E-state index contributed by atoms with van der Waals surface area (Å²) < 4.78 is 16.5. The third kappa shape index (κ3) is 5.92. The summed E-state index contributed by atoms with van der Waals surface area (Å²) in [7, 11) is 3.34. The average molecular weight is 364 g/mol. The molecule has 2 aromatic rings. The quantitative estimate of drug-likeness (QED) is 0.636. The molecule has 136 valence electrons. The molecule has 0 saturated carbocycles. The zero-order valence-electron chi connectivity index (χ0n) is 15.1. The van der Waals surface area contributed by atoms with Crippen molar-refractivity contribution in [3.8, 4) is 11.5 Å². The lowest BCUT2D eigenvalue weighted by Gasteiger charge is -2.15. The Labute approximate surface area is 155 Å². The minimum Gasteiger partial charge on any atom is -0.493 e. The zero-order chi connectivity index (χ0) is 18.1. The molecule has 4 nitrogen and oxygen atoms in total. The van der Waals surface area contributed by atoms with Crippen LogP contribution in [0.5, 0.6) is 11.5 Å². The second-order valence-corrected chi connectivity index (χ2v) is 6.25. The van der Waals surface area contributed by atoms with Gasteiger partial charge in [-0.15, -0.1) is 0 Å². The maximum Gasteiger partial charge on any atom is 0.180 e. The highest BCUT2D eigenvalue weighted by Crippen LogP contribution is 2.37. The lowest BCUT2D eigenvalue weighted by Crippen LogP contribution is -2.16. The number of rotatable bonds is 10. The number of nitrogens with one attached hydrogen (secondary N) is 1. The van der Waals surface area contributed by atoms with Crippen LogP contribution >= 0.6 is 11.6 Å². The van der Waals surface area contributed by atoms with Gasteiger partial charge in [0.1, 0.15) is 6.61 Å². The fraction of sp³-hybridized carbons (Fsp3) is 0.400. The molecule has 0 heterocycles. The average Bonchev–Trinajstić information content (AvgIpc) is 2.61.